The summed E-state index contributed by atoms with van der Waals surface area (Å²) >= 11 is 2.35. The number of nitrogens with one attached hydrogen (secondary N) is 1. The van der Waals surface area contributed by atoms with Crippen LogP contribution in [0.5, 0.6) is 0 Å². The number of hydrogen-bond donors (Lipinski definition) is 2. The van der Waals surface area contributed by atoms with Crippen LogP contribution < -0.4 is 11.1 Å². The van der Waals surface area contributed by atoms with Crippen molar-refractivity contribution in [3.8, 4) is 0 Å². The number of thiophene rings is 2. The minimum absolute atomic E-state index is 0.177. The molecule has 3 aromatic heterocycles. The van der Waals surface area contributed by atoms with E-state index in [2.05, 4.69) is 17.2 Å². The summed E-state index contributed by atoms with van der Waals surface area (Å²) in [6, 6.07) is 1.28. The van der Waals surface area contributed by atoms with Gasteiger partial charge in [-0.05, 0) is 56.2 Å². The number of esters is 1. The summed E-state index contributed by atoms with van der Waals surface area (Å²) in [4.78, 5) is 31.3. The summed E-state index contributed by atoms with van der Waals surface area (Å²) in [7, 11) is 0. The van der Waals surface area contributed by atoms with Crippen LogP contribution in [-0.4, -0.2) is 23.5 Å². The number of amides is 1. The molecule has 0 aromatic carbocycles. The molecule has 4 rings (SSSR count). The summed E-state index contributed by atoms with van der Waals surface area (Å²) < 4.78 is 31.5. The van der Waals surface area contributed by atoms with E-state index in [1.807, 2.05) is 0 Å². The Morgan fingerprint density at radius 1 is 1.38 bits per heavy atom. The summed E-state index contributed by atoms with van der Waals surface area (Å²) in [6.07, 6.45) is -0.163. The zero-order valence-corrected chi connectivity index (χ0v) is 19.5. The molecule has 1 atom stereocenters. The number of carbonyl (C=O) groups is 2. The molecular formula is C22H23F2N3O3S2. The van der Waals surface area contributed by atoms with Crippen molar-refractivity contribution >= 4 is 55.5 Å². The van der Waals surface area contributed by atoms with Gasteiger partial charge in [0.25, 0.3) is 12.3 Å². The van der Waals surface area contributed by atoms with Crippen molar-refractivity contribution in [3.63, 3.8) is 0 Å². The lowest BCUT2D eigenvalue weighted by Gasteiger charge is -2.18. The molecule has 6 nitrogen and oxygen atoms in total. The molecular weight excluding hydrogens is 456 g/mol. The van der Waals surface area contributed by atoms with E-state index in [9.17, 15) is 18.4 Å². The van der Waals surface area contributed by atoms with Gasteiger partial charge in [0.1, 0.15) is 20.4 Å². The average molecular weight is 480 g/mol. The van der Waals surface area contributed by atoms with Gasteiger partial charge in [-0.2, -0.15) is 0 Å². The predicted octanol–water partition coefficient (Wildman–Crippen LogP) is 5.74. The Hall–Kier alpha value is -2.59. The summed E-state index contributed by atoms with van der Waals surface area (Å²) in [5.41, 5.74) is 7.93. The minimum Gasteiger partial charge on any atom is -0.462 e. The molecule has 3 heterocycles. The number of pyridine rings is 1. The fraction of sp³-hybridized carbons (Fsp3) is 0.409. The number of rotatable bonds is 5. The second kappa shape index (κ2) is 8.74. The molecule has 32 heavy (non-hydrogen) atoms. The Kier molecular flexibility index (Phi) is 6.17. The van der Waals surface area contributed by atoms with Gasteiger partial charge in [0.2, 0.25) is 0 Å². The molecule has 10 heteroatoms. The molecule has 1 aliphatic carbocycles. The molecule has 0 radical (unpaired) electrons. The molecule has 1 unspecified atom stereocenters. The number of aromatic nitrogens is 1. The highest BCUT2D eigenvalue weighted by Crippen LogP contribution is 2.41. The first-order valence-corrected chi connectivity index (χ1v) is 11.9. The largest absolute Gasteiger partial charge is 0.462 e. The molecule has 1 aliphatic rings. The standard InChI is InChI=1S/C22H23F2N3O3S2/c1-4-30-22(29)15-11-6-5-9(2)7-13(11)31-21(15)27-19(28)17-16(25)14-10(3)8-12(18(23)24)26-20(14)32-17/h8-9,18H,4-7,25H2,1-3H3,(H,27,28). The first-order chi connectivity index (χ1) is 15.2. The maximum absolute atomic E-state index is 13.1. The third-order valence-electron chi connectivity index (χ3n) is 5.56. The lowest BCUT2D eigenvalue weighted by molar-refractivity contribution is 0.0526. The number of hydrogen-bond acceptors (Lipinski definition) is 7. The van der Waals surface area contributed by atoms with Crippen LogP contribution >= 0.6 is 22.7 Å². The normalized spacial score (nSPS) is 15.8. The van der Waals surface area contributed by atoms with E-state index in [0.717, 1.165) is 41.0 Å². The van der Waals surface area contributed by atoms with Crippen LogP contribution in [-0.2, 0) is 17.6 Å². The summed E-state index contributed by atoms with van der Waals surface area (Å²) in [5, 5.41) is 3.76. The number of alkyl halides is 2. The van der Waals surface area contributed by atoms with E-state index in [1.54, 1.807) is 13.8 Å². The quantitative estimate of drug-likeness (QED) is 0.455. The zero-order chi connectivity index (χ0) is 23.2. The topological polar surface area (TPSA) is 94.3 Å². The van der Waals surface area contributed by atoms with E-state index < -0.39 is 18.3 Å². The van der Waals surface area contributed by atoms with Crippen molar-refractivity contribution in [2.45, 2.75) is 46.5 Å². The van der Waals surface area contributed by atoms with Crippen molar-refractivity contribution in [2.24, 2.45) is 5.92 Å². The predicted molar refractivity (Wildman–Crippen MR) is 123 cm³/mol. The highest BCUT2D eigenvalue weighted by molar-refractivity contribution is 7.21. The Balaban J connectivity index is 1.73. The van der Waals surface area contributed by atoms with E-state index in [-0.39, 0.29) is 27.7 Å². The molecule has 0 saturated carbocycles. The zero-order valence-electron chi connectivity index (χ0n) is 17.9. The molecule has 0 spiro atoms. The number of ether oxygens (including phenoxy) is 1. The Morgan fingerprint density at radius 3 is 2.81 bits per heavy atom. The third kappa shape index (κ3) is 3.97. The monoisotopic (exact) mass is 479 g/mol. The van der Waals surface area contributed by atoms with Crippen molar-refractivity contribution in [1.82, 2.24) is 4.98 Å². The fourth-order valence-electron chi connectivity index (χ4n) is 4.03. The van der Waals surface area contributed by atoms with Gasteiger partial charge >= 0.3 is 5.97 Å². The van der Waals surface area contributed by atoms with Crippen molar-refractivity contribution in [1.29, 1.82) is 0 Å². The van der Waals surface area contributed by atoms with Crippen LogP contribution in [0, 0.1) is 12.8 Å². The van der Waals surface area contributed by atoms with Gasteiger partial charge in [0.15, 0.2) is 0 Å². The van der Waals surface area contributed by atoms with Gasteiger partial charge in [0, 0.05) is 10.3 Å². The number of carbonyl (C=O) groups excluding carboxylic acids is 2. The van der Waals surface area contributed by atoms with E-state index >= 15 is 0 Å². The van der Waals surface area contributed by atoms with Crippen LogP contribution in [0.15, 0.2) is 6.07 Å². The van der Waals surface area contributed by atoms with Gasteiger partial charge in [-0.25, -0.2) is 18.6 Å². The molecule has 0 aliphatic heterocycles. The molecule has 0 bridgehead atoms. The number of nitrogen functional groups attached to an aromatic ring is 1. The highest BCUT2D eigenvalue weighted by Gasteiger charge is 2.30. The maximum atomic E-state index is 13.1. The SMILES string of the molecule is CCOC(=O)c1c(NC(=O)c2sc3nc(C(F)F)cc(C)c3c2N)sc2c1CCC(C)C2. The maximum Gasteiger partial charge on any atom is 0.341 e. The Morgan fingerprint density at radius 2 is 2.12 bits per heavy atom. The van der Waals surface area contributed by atoms with Crippen LogP contribution in [0.3, 0.4) is 0 Å². The lowest BCUT2D eigenvalue weighted by Crippen LogP contribution is -2.16. The van der Waals surface area contributed by atoms with Crippen LogP contribution in [0.4, 0.5) is 19.5 Å². The molecule has 1 amide bonds. The second-order valence-electron chi connectivity index (χ2n) is 7.92. The van der Waals surface area contributed by atoms with Crippen molar-refractivity contribution in [2.75, 3.05) is 17.7 Å². The molecule has 0 saturated heterocycles. The fourth-order valence-corrected chi connectivity index (χ4v) is 6.50. The van der Waals surface area contributed by atoms with Crippen LogP contribution in [0.1, 0.15) is 68.4 Å². The third-order valence-corrected chi connectivity index (χ3v) is 7.83. The molecule has 0 fully saturated rings. The number of anilines is 2. The summed E-state index contributed by atoms with van der Waals surface area (Å²) in [6.45, 7) is 5.78. The number of nitrogens with two attached hydrogens (primary N) is 1. The lowest BCUT2D eigenvalue weighted by atomic mass is 9.88. The number of halogens is 2. The number of aryl methyl sites for hydroxylation is 1. The summed E-state index contributed by atoms with van der Waals surface area (Å²) in [5.74, 6) is -0.463. The Bertz CT molecular complexity index is 1220. The molecule has 170 valence electrons. The minimum atomic E-state index is -2.72. The average Bonchev–Trinajstić information content (AvgIpc) is 3.25. The Labute approximate surface area is 191 Å². The highest BCUT2D eigenvalue weighted by atomic mass is 32.1. The number of fused-ring (bicyclic) bond motifs is 2. The van der Waals surface area contributed by atoms with Gasteiger partial charge in [0.05, 0.1) is 17.9 Å². The van der Waals surface area contributed by atoms with Crippen LogP contribution in [0.25, 0.3) is 10.2 Å². The van der Waals surface area contributed by atoms with Gasteiger partial charge in [-0.1, -0.05) is 6.92 Å². The van der Waals surface area contributed by atoms with Crippen LogP contribution in [0.2, 0.25) is 0 Å². The van der Waals surface area contributed by atoms with Gasteiger partial charge < -0.3 is 15.8 Å². The van der Waals surface area contributed by atoms with Gasteiger partial charge in [-0.3, -0.25) is 4.79 Å². The second-order valence-corrected chi connectivity index (χ2v) is 10.0. The van der Waals surface area contributed by atoms with Gasteiger partial charge in [-0.15, -0.1) is 22.7 Å². The van der Waals surface area contributed by atoms with E-state index in [0.29, 0.717) is 27.4 Å². The van der Waals surface area contributed by atoms with E-state index in [4.69, 9.17) is 10.5 Å². The van der Waals surface area contributed by atoms with Crippen molar-refractivity contribution in [3.05, 3.63) is 38.2 Å². The van der Waals surface area contributed by atoms with Crippen molar-refractivity contribution < 1.29 is 23.1 Å². The first kappa shape index (κ1) is 22.6. The number of nitrogens with zero attached hydrogens (tertiary/aromatic N) is 1. The first-order valence-electron chi connectivity index (χ1n) is 10.3. The smallest absolute Gasteiger partial charge is 0.341 e. The molecule has 3 aromatic rings. The van der Waals surface area contributed by atoms with E-state index in [1.165, 1.54) is 17.4 Å². The molecule has 3 N–H and O–H groups in total.